The van der Waals surface area contributed by atoms with Gasteiger partial charge in [0.2, 0.25) is 0 Å². The number of amides is 1. The van der Waals surface area contributed by atoms with Crippen molar-refractivity contribution in [2.45, 2.75) is 32.4 Å². The molecule has 1 fully saturated rings. The third-order valence-electron chi connectivity index (χ3n) is 6.86. The lowest BCUT2D eigenvalue weighted by Crippen LogP contribution is -2.45. The average Bonchev–Trinajstić information content (AvgIpc) is 3.41. The Morgan fingerprint density at radius 2 is 2.03 bits per heavy atom. The van der Waals surface area contributed by atoms with Crippen molar-refractivity contribution < 1.29 is 4.79 Å². The first-order chi connectivity index (χ1) is 17.1. The normalized spacial score (nSPS) is 16.3. The highest BCUT2D eigenvalue weighted by Gasteiger charge is 2.24. The van der Waals surface area contributed by atoms with E-state index in [1.165, 1.54) is 0 Å². The number of imidazole rings is 1. The fourth-order valence-corrected chi connectivity index (χ4v) is 5.08. The fraction of sp³-hybridized carbons (Fsp3) is 0.259. The topological polar surface area (TPSA) is 94.3 Å². The zero-order valence-electron chi connectivity index (χ0n) is 19.6. The molecule has 6 rings (SSSR count). The van der Waals surface area contributed by atoms with Crippen molar-refractivity contribution in [1.82, 2.24) is 29.0 Å². The molecule has 0 unspecified atom stereocenters. The van der Waals surface area contributed by atoms with Crippen LogP contribution in [0.15, 0.2) is 67.0 Å². The molecule has 35 heavy (non-hydrogen) atoms. The highest BCUT2D eigenvalue weighted by atomic mass is 16.2. The molecule has 4 aromatic heterocycles. The third-order valence-corrected chi connectivity index (χ3v) is 6.86. The largest absolute Gasteiger partial charge is 0.337 e. The second-order valence-corrected chi connectivity index (χ2v) is 9.23. The summed E-state index contributed by atoms with van der Waals surface area (Å²) in [5, 5.41) is 9.48. The lowest BCUT2D eigenvalue weighted by Gasteiger charge is -2.30. The molecule has 8 heteroatoms. The number of carbonyl (C=O) groups is 1. The first-order valence-corrected chi connectivity index (χ1v) is 12.0. The van der Waals surface area contributed by atoms with Crippen LogP contribution in [0.25, 0.3) is 27.9 Å². The van der Waals surface area contributed by atoms with E-state index in [0.29, 0.717) is 18.7 Å². The van der Waals surface area contributed by atoms with Gasteiger partial charge in [-0.15, -0.1) is 0 Å². The number of hydrogen-bond donors (Lipinski definition) is 1. The van der Waals surface area contributed by atoms with Gasteiger partial charge in [0.25, 0.3) is 5.91 Å². The summed E-state index contributed by atoms with van der Waals surface area (Å²) < 4.78 is 4.27. The number of benzene rings is 1. The van der Waals surface area contributed by atoms with Gasteiger partial charge < -0.3 is 19.6 Å². The van der Waals surface area contributed by atoms with E-state index in [9.17, 15) is 4.79 Å². The Morgan fingerprint density at radius 1 is 1.14 bits per heavy atom. The number of fused-ring (bicyclic) bond motifs is 2. The Morgan fingerprint density at radius 3 is 2.86 bits per heavy atom. The Balaban J connectivity index is 1.43. The van der Waals surface area contributed by atoms with Crippen LogP contribution in [-0.4, -0.2) is 54.1 Å². The molecule has 1 amide bonds. The molecule has 0 radical (unpaired) electrons. The Bertz CT molecular complexity index is 1540. The predicted molar refractivity (Wildman–Crippen MR) is 135 cm³/mol. The summed E-state index contributed by atoms with van der Waals surface area (Å²) in [6, 6.07) is 18.2. The van der Waals surface area contributed by atoms with Crippen LogP contribution in [0.5, 0.6) is 0 Å². The van der Waals surface area contributed by atoms with Gasteiger partial charge in [0, 0.05) is 53.7 Å². The number of likely N-dealkylation sites (tertiary alicyclic amines) is 1. The molecule has 8 nitrogen and oxygen atoms in total. The molecule has 176 valence electrons. The Hall–Kier alpha value is -4.04. The number of aryl methyl sites for hydroxylation is 1. The number of nitrogens with two attached hydrogens (primary N) is 1. The van der Waals surface area contributed by atoms with Crippen molar-refractivity contribution in [2.24, 2.45) is 5.73 Å². The average molecular weight is 466 g/mol. The van der Waals surface area contributed by atoms with Crippen molar-refractivity contribution in [3.63, 3.8) is 0 Å². The van der Waals surface area contributed by atoms with E-state index < -0.39 is 0 Å². The van der Waals surface area contributed by atoms with Gasteiger partial charge in [-0.1, -0.05) is 18.2 Å². The van der Waals surface area contributed by atoms with Gasteiger partial charge in [-0.3, -0.25) is 4.79 Å². The van der Waals surface area contributed by atoms with E-state index in [2.05, 4.69) is 39.9 Å². The molecule has 0 aliphatic carbocycles. The quantitative estimate of drug-likeness (QED) is 0.437. The number of nitrogens with zero attached hydrogens (tertiary/aromatic N) is 6. The monoisotopic (exact) mass is 465 g/mol. The van der Waals surface area contributed by atoms with Crippen LogP contribution in [0.4, 0.5) is 0 Å². The number of pyridine rings is 1. The van der Waals surface area contributed by atoms with Crippen LogP contribution in [0.1, 0.15) is 34.6 Å². The minimum Gasteiger partial charge on any atom is -0.337 e. The van der Waals surface area contributed by atoms with Crippen molar-refractivity contribution >= 4 is 22.5 Å². The summed E-state index contributed by atoms with van der Waals surface area (Å²) in [4.78, 5) is 20.0. The molecule has 1 aliphatic heterocycles. The summed E-state index contributed by atoms with van der Waals surface area (Å²) >= 11 is 0. The molecular formula is C27H27N7O. The number of aromatic nitrogens is 5. The van der Waals surface area contributed by atoms with Gasteiger partial charge in [0.05, 0.1) is 17.9 Å². The molecule has 1 atom stereocenters. The number of piperidine rings is 1. The Kier molecular flexibility index (Phi) is 5.30. The molecule has 0 bridgehead atoms. The third kappa shape index (κ3) is 3.85. The summed E-state index contributed by atoms with van der Waals surface area (Å²) in [6.45, 7) is 4.00. The minimum absolute atomic E-state index is 0.0154. The SMILES string of the molecule is Cc1c(-c2cc3ccccc3n2Cc2cccnn2)nc2cc(C(=O)N3CCC[C@@H](N)C3)ccn12. The van der Waals surface area contributed by atoms with Gasteiger partial charge >= 0.3 is 0 Å². The lowest BCUT2D eigenvalue weighted by atomic mass is 10.1. The van der Waals surface area contributed by atoms with E-state index in [4.69, 9.17) is 10.7 Å². The molecule has 0 spiro atoms. The van der Waals surface area contributed by atoms with E-state index in [0.717, 1.165) is 58.7 Å². The van der Waals surface area contributed by atoms with Crippen LogP contribution < -0.4 is 5.73 Å². The van der Waals surface area contributed by atoms with Crippen molar-refractivity contribution in [1.29, 1.82) is 0 Å². The number of carbonyl (C=O) groups excluding carboxylic acids is 1. The molecular weight excluding hydrogens is 438 g/mol. The first kappa shape index (κ1) is 21.5. The standard InChI is InChI=1S/C27H27N7O/c1-18-26(24-14-19-6-2-3-9-23(19)34(24)17-22-8-4-11-29-31-22)30-25-15-20(10-13-33(18)25)27(35)32-12-5-7-21(28)16-32/h2-4,6,8-11,13-15,21H,5,7,12,16-17,28H2,1H3/t21-/m1/s1. The highest BCUT2D eigenvalue weighted by molar-refractivity contribution is 5.95. The van der Waals surface area contributed by atoms with Gasteiger partial charge in [0.15, 0.2) is 0 Å². The van der Waals surface area contributed by atoms with Gasteiger partial charge in [-0.25, -0.2) is 4.98 Å². The first-order valence-electron chi connectivity index (χ1n) is 12.0. The molecule has 5 heterocycles. The highest BCUT2D eigenvalue weighted by Crippen LogP contribution is 2.31. The number of para-hydroxylation sites is 1. The Labute approximate surface area is 203 Å². The lowest BCUT2D eigenvalue weighted by molar-refractivity contribution is 0.0709. The van der Waals surface area contributed by atoms with Crippen LogP contribution in [-0.2, 0) is 6.54 Å². The zero-order chi connectivity index (χ0) is 23.9. The predicted octanol–water partition coefficient (Wildman–Crippen LogP) is 3.67. The van der Waals surface area contributed by atoms with E-state index in [1.807, 2.05) is 51.9 Å². The molecule has 2 N–H and O–H groups in total. The summed E-state index contributed by atoms with van der Waals surface area (Å²) in [5.41, 5.74) is 12.4. The van der Waals surface area contributed by atoms with Gasteiger partial charge in [-0.2, -0.15) is 10.2 Å². The van der Waals surface area contributed by atoms with Crippen LogP contribution >= 0.6 is 0 Å². The maximum atomic E-state index is 13.1. The second-order valence-electron chi connectivity index (χ2n) is 9.23. The number of rotatable bonds is 4. The maximum Gasteiger partial charge on any atom is 0.254 e. The summed E-state index contributed by atoms with van der Waals surface area (Å²) in [5.74, 6) is 0.0154. The minimum atomic E-state index is 0.0154. The molecule has 1 aliphatic rings. The second kappa shape index (κ2) is 8.63. The van der Waals surface area contributed by atoms with Crippen LogP contribution in [0.2, 0.25) is 0 Å². The summed E-state index contributed by atoms with van der Waals surface area (Å²) in [7, 11) is 0. The van der Waals surface area contributed by atoms with Crippen LogP contribution in [0.3, 0.4) is 0 Å². The van der Waals surface area contributed by atoms with Gasteiger partial charge in [0.1, 0.15) is 11.3 Å². The van der Waals surface area contributed by atoms with Crippen LogP contribution in [0, 0.1) is 6.92 Å². The van der Waals surface area contributed by atoms with Gasteiger partial charge in [-0.05, 0) is 56.2 Å². The van der Waals surface area contributed by atoms with Crippen molar-refractivity contribution in [3.05, 3.63) is 83.9 Å². The molecule has 5 aromatic rings. The smallest absolute Gasteiger partial charge is 0.254 e. The van der Waals surface area contributed by atoms with Crippen molar-refractivity contribution in [3.8, 4) is 11.4 Å². The summed E-state index contributed by atoms with van der Waals surface area (Å²) in [6.07, 6.45) is 5.53. The molecule has 1 aromatic carbocycles. The van der Waals surface area contributed by atoms with E-state index in [-0.39, 0.29) is 11.9 Å². The molecule has 0 saturated carbocycles. The van der Waals surface area contributed by atoms with E-state index >= 15 is 0 Å². The van der Waals surface area contributed by atoms with Crippen molar-refractivity contribution in [2.75, 3.05) is 13.1 Å². The number of hydrogen-bond acceptors (Lipinski definition) is 5. The van der Waals surface area contributed by atoms with E-state index in [1.54, 1.807) is 6.20 Å². The fourth-order valence-electron chi connectivity index (χ4n) is 5.08. The molecule has 1 saturated heterocycles. The zero-order valence-corrected chi connectivity index (χ0v) is 19.6. The maximum absolute atomic E-state index is 13.1.